The van der Waals surface area contributed by atoms with Gasteiger partial charge in [0.15, 0.2) is 0 Å². The summed E-state index contributed by atoms with van der Waals surface area (Å²) in [6.07, 6.45) is 3.36. The van der Waals surface area contributed by atoms with E-state index in [0.717, 1.165) is 19.4 Å². The van der Waals surface area contributed by atoms with Crippen LogP contribution >= 0.6 is 0 Å². The van der Waals surface area contributed by atoms with Gasteiger partial charge in [-0.15, -0.1) is 0 Å². The third-order valence-electron chi connectivity index (χ3n) is 3.27. The van der Waals surface area contributed by atoms with Crippen molar-refractivity contribution in [3.05, 3.63) is 24.4 Å². The van der Waals surface area contributed by atoms with E-state index in [4.69, 9.17) is 9.47 Å². The number of hydrogen-bond donors (Lipinski definition) is 1. The second kappa shape index (κ2) is 7.36. The molecule has 1 fully saturated rings. The lowest BCUT2D eigenvalue weighted by Crippen LogP contribution is -2.37. The fourth-order valence-corrected chi connectivity index (χ4v) is 2.19. The van der Waals surface area contributed by atoms with Crippen LogP contribution in [-0.2, 0) is 14.3 Å². The number of rotatable bonds is 6. The van der Waals surface area contributed by atoms with Gasteiger partial charge in [0.25, 0.3) is 5.91 Å². The molecule has 110 valence electrons. The molecule has 5 heteroatoms. The molecule has 1 aliphatic rings. The van der Waals surface area contributed by atoms with Gasteiger partial charge in [-0.05, 0) is 30.9 Å². The van der Waals surface area contributed by atoms with E-state index in [2.05, 4.69) is 10.3 Å². The Labute approximate surface area is 119 Å². The van der Waals surface area contributed by atoms with Crippen LogP contribution in [0, 0.1) is 5.92 Å². The molecule has 0 aliphatic carbocycles. The van der Waals surface area contributed by atoms with Crippen molar-refractivity contribution >= 4 is 11.7 Å². The molecule has 5 nitrogen and oxygen atoms in total. The first-order valence-electron chi connectivity index (χ1n) is 7.12. The van der Waals surface area contributed by atoms with E-state index in [0.29, 0.717) is 12.4 Å². The number of pyridine rings is 1. The molecule has 1 aliphatic heterocycles. The highest BCUT2D eigenvalue weighted by Crippen LogP contribution is 2.16. The van der Waals surface area contributed by atoms with Crippen LogP contribution in [-0.4, -0.2) is 36.3 Å². The monoisotopic (exact) mass is 278 g/mol. The van der Waals surface area contributed by atoms with E-state index >= 15 is 0 Å². The summed E-state index contributed by atoms with van der Waals surface area (Å²) in [4.78, 5) is 16.3. The number of nitrogens with zero attached hydrogens (tertiary/aromatic N) is 1. The van der Waals surface area contributed by atoms with Gasteiger partial charge in [-0.2, -0.15) is 0 Å². The Balaban J connectivity index is 1.88. The van der Waals surface area contributed by atoms with E-state index in [9.17, 15) is 4.79 Å². The summed E-state index contributed by atoms with van der Waals surface area (Å²) >= 11 is 0. The van der Waals surface area contributed by atoms with Crippen LogP contribution < -0.4 is 5.32 Å². The van der Waals surface area contributed by atoms with E-state index in [1.807, 2.05) is 26.0 Å². The zero-order valence-corrected chi connectivity index (χ0v) is 12.0. The van der Waals surface area contributed by atoms with Crippen LogP contribution in [0.4, 0.5) is 5.82 Å². The van der Waals surface area contributed by atoms with Crippen molar-refractivity contribution in [2.24, 2.45) is 5.92 Å². The average Bonchev–Trinajstić information content (AvgIpc) is 2.93. The minimum Gasteiger partial charge on any atom is -0.376 e. The Morgan fingerprint density at radius 1 is 1.55 bits per heavy atom. The van der Waals surface area contributed by atoms with Crippen molar-refractivity contribution in [1.82, 2.24) is 4.98 Å². The second-order valence-electron chi connectivity index (χ2n) is 5.34. The lowest BCUT2D eigenvalue weighted by Gasteiger charge is -2.22. The lowest BCUT2D eigenvalue weighted by molar-refractivity contribution is -0.132. The summed E-state index contributed by atoms with van der Waals surface area (Å²) in [5, 5.41) is 2.78. The van der Waals surface area contributed by atoms with Crippen LogP contribution in [0.15, 0.2) is 24.4 Å². The van der Waals surface area contributed by atoms with Crippen molar-refractivity contribution in [3.8, 4) is 0 Å². The number of carbonyl (C=O) groups excluding carboxylic acids is 1. The maximum atomic E-state index is 12.2. The van der Waals surface area contributed by atoms with Gasteiger partial charge in [0.05, 0.1) is 12.7 Å². The van der Waals surface area contributed by atoms with Gasteiger partial charge in [-0.25, -0.2) is 4.98 Å². The third-order valence-corrected chi connectivity index (χ3v) is 3.27. The Bertz CT molecular complexity index is 416. The number of carbonyl (C=O) groups is 1. The zero-order chi connectivity index (χ0) is 14.4. The van der Waals surface area contributed by atoms with E-state index < -0.39 is 6.10 Å². The molecular formula is C15H22N2O3. The molecule has 0 aromatic carbocycles. The van der Waals surface area contributed by atoms with Gasteiger partial charge in [0.2, 0.25) is 0 Å². The summed E-state index contributed by atoms with van der Waals surface area (Å²) < 4.78 is 11.3. The van der Waals surface area contributed by atoms with Gasteiger partial charge in [-0.3, -0.25) is 4.79 Å². The maximum Gasteiger partial charge on any atom is 0.254 e. The minimum atomic E-state index is -0.485. The van der Waals surface area contributed by atoms with Crippen LogP contribution in [0.25, 0.3) is 0 Å². The van der Waals surface area contributed by atoms with Crippen molar-refractivity contribution < 1.29 is 14.3 Å². The minimum absolute atomic E-state index is 0.0973. The molecule has 2 heterocycles. The molecule has 1 saturated heterocycles. The number of anilines is 1. The number of hydrogen-bond acceptors (Lipinski definition) is 4. The van der Waals surface area contributed by atoms with E-state index in [1.165, 1.54) is 0 Å². The largest absolute Gasteiger partial charge is 0.376 e. The van der Waals surface area contributed by atoms with E-state index in [-0.39, 0.29) is 17.9 Å². The number of nitrogens with one attached hydrogen (secondary N) is 1. The quantitative estimate of drug-likeness (QED) is 0.867. The molecule has 0 bridgehead atoms. The Morgan fingerprint density at radius 2 is 2.40 bits per heavy atom. The topological polar surface area (TPSA) is 60.5 Å². The smallest absolute Gasteiger partial charge is 0.254 e. The normalized spacial score (nSPS) is 20.1. The predicted octanol–water partition coefficient (Wildman–Crippen LogP) is 2.24. The Kier molecular flexibility index (Phi) is 5.49. The summed E-state index contributed by atoms with van der Waals surface area (Å²) in [5.41, 5.74) is 0. The predicted molar refractivity (Wildman–Crippen MR) is 76.4 cm³/mol. The first-order chi connectivity index (χ1) is 9.66. The summed E-state index contributed by atoms with van der Waals surface area (Å²) in [6, 6.07) is 5.40. The van der Waals surface area contributed by atoms with Crippen LogP contribution in [0.1, 0.15) is 26.7 Å². The van der Waals surface area contributed by atoms with Crippen LogP contribution in [0.2, 0.25) is 0 Å². The van der Waals surface area contributed by atoms with Crippen molar-refractivity contribution in [3.63, 3.8) is 0 Å². The van der Waals surface area contributed by atoms with E-state index in [1.54, 1.807) is 12.3 Å². The Morgan fingerprint density at radius 3 is 3.00 bits per heavy atom. The standard InChI is InChI=1S/C15H22N2O3/c1-11(2)14(20-10-12-6-5-9-19-12)15(18)17-13-7-3-4-8-16-13/h3-4,7-8,11-12,14H,5-6,9-10H2,1-2H3,(H,16,17,18)/t12-,14+/m1/s1. The van der Waals surface area contributed by atoms with Gasteiger partial charge in [-0.1, -0.05) is 19.9 Å². The summed E-state index contributed by atoms with van der Waals surface area (Å²) in [7, 11) is 0. The lowest BCUT2D eigenvalue weighted by atomic mass is 10.1. The number of amides is 1. The first-order valence-corrected chi connectivity index (χ1v) is 7.12. The molecular weight excluding hydrogens is 256 g/mol. The van der Waals surface area contributed by atoms with Crippen molar-refractivity contribution in [1.29, 1.82) is 0 Å². The molecule has 2 atom stereocenters. The first kappa shape index (κ1) is 14.9. The molecule has 0 saturated carbocycles. The number of ether oxygens (including phenoxy) is 2. The highest BCUT2D eigenvalue weighted by molar-refractivity contribution is 5.93. The van der Waals surface area contributed by atoms with Gasteiger partial charge in [0, 0.05) is 12.8 Å². The van der Waals surface area contributed by atoms with Crippen LogP contribution in [0.5, 0.6) is 0 Å². The van der Waals surface area contributed by atoms with Gasteiger partial charge < -0.3 is 14.8 Å². The molecule has 0 unspecified atom stereocenters. The Hall–Kier alpha value is -1.46. The molecule has 1 aromatic rings. The van der Waals surface area contributed by atoms with Crippen LogP contribution in [0.3, 0.4) is 0 Å². The van der Waals surface area contributed by atoms with Crippen molar-refractivity contribution in [2.75, 3.05) is 18.5 Å². The number of aromatic nitrogens is 1. The molecule has 2 rings (SSSR count). The third kappa shape index (κ3) is 4.28. The van der Waals surface area contributed by atoms with Gasteiger partial charge >= 0.3 is 0 Å². The zero-order valence-electron chi connectivity index (χ0n) is 12.0. The molecule has 0 spiro atoms. The molecule has 1 aromatic heterocycles. The molecule has 20 heavy (non-hydrogen) atoms. The fourth-order valence-electron chi connectivity index (χ4n) is 2.19. The fraction of sp³-hybridized carbons (Fsp3) is 0.600. The highest BCUT2D eigenvalue weighted by Gasteiger charge is 2.26. The van der Waals surface area contributed by atoms with Gasteiger partial charge in [0.1, 0.15) is 11.9 Å². The van der Waals surface area contributed by atoms with Crippen molar-refractivity contribution in [2.45, 2.75) is 38.9 Å². The molecule has 0 radical (unpaired) electrons. The maximum absolute atomic E-state index is 12.2. The SMILES string of the molecule is CC(C)[C@H](OC[C@H]1CCCO1)C(=O)Nc1ccccn1. The summed E-state index contributed by atoms with van der Waals surface area (Å²) in [5.74, 6) is 0.487. The summed E-state index contributed by atoms with van der Waals surface area (Å²) in [6.45, 7) is 5.20. The molecule has 1 amide bonds. The average molecular weight is 278 g/mol. The molecule has 1 N–H and O–H groups in total. The highest BCUT2D eigenvalue weighted by atomic mass is 16.5. The second-order valence-corrected chi connectivity index (χ2v) is 5.34.